The lowest BCUT2D eigenvalue weighted by atomic mass is 10.0. The Morgan fingerprint density at radius 3 is 2.45 bits per heavy atom. The number of hydrogen-bond donors (Lipinski definition) is 0. The molecule has 0 saturated heterocycles. The monoisotopic (exact) mass is 379 g/mol. The van der Waals surface area contributed by atoms with Crippen molar-refractivity contribution in [3.63, 3.8) is 0 Å². The molecule has 0 unspecified atom stereocenters. The molecule has 1 aliphatic rings. The predicted molar refractivity (Wildman–Crippen MR) is 88.8 cm³/mol. The number of benzene rings is 2. The maximum absolute atomic E-state index is 12.9. The molecule has 22 heavy (non-hydrogen) atoms. The standard InChI is InChI=1S/C16H14BrNO3S/c1-11-2-7-15-14(10-11)16(19)8-9-18(15)22(20,21)13-5-3-12(17)4-6-13/h2-7,10H,8-9H2,1H3. The van der Waals surface area contributed by atoms with Crippen LogP contribution in [0.1, 0.15) is 22.3 Å². The summed E-state index contributed by atoms with van der Waals surface area (Å²) in [6, 6.07) is 11.8. The first-order chi connectivity index (χ1) is 10.4. The number of ketones is 1. The van der Waals surface area contributed by atoms with Crippen LogP contribution in [0.5, 0.6) is 0 Å². The van der Waals surface area contributed by atoms with Gasteiger partial charge < -0.3 is 0 Å². The smallest absolute Gasteiger partial charge is 0.264 e. The van der Waals surface area contributed by atoms with E-state index >= 15 is 0 Å². The second-order valence-electron chi connectivity index (χ2n) is 5.22. The molecule has 0 saturated carbocycles. The number of aryl methyl sites for hydroxylation is 1. The molecule has 0 spiro atoms. The highest BCUT2D eigenvalue weighted by Gasteiger charge is 2.32. The summed E-state index contributed by atoms with van der Waals surface area (Å²) in [5.41, 5.74) is 1.88. The average Bonchev–Trinajstić information content (AvgIpc) is 2.48. The third kappa shape index (κ3) is 2.57. The lowest BCUT2D eigenvalue weighted by Crippen LogP contribution is -2.37. The van der Waals surface area contributed by atoms with E-state index in [2.05, 4.69) is 15.9 Å². The Morgan fingerprint density at radius 2 is 1.77 bits per heavy atom. The van der Waals surface area contributed by atoms with Crippen molar-refractivity contribution < 1.29 is 13.2 Å². The molecule has 114 valence electrons. The molecular formula is C16H14BrNO3S. The topological polar surface area (TPSA) is 54.5 Å². The lowest BCUT2D eigenvalue weighted by molar-refractivity contribution is 0.0982. The number of carbonyl (C=O) groups excluding carboxylic acids is 1. The van der Waals surface area contributed by atoms with Gasteiger partial charge in [0.2, 0.25) is 0 Å². The SMILES string of the molecule is Cc1ccc2c(c1)C(=O)CCN2S(=O)(=O)c1ccc(Br)cc1. The van der Waals surface area contributed by atoms with Crippen LogP contribution in [0.4, 0.5) is 5.69 Å². The molecule has 6 heteroatoms. The number of fused-ring (bicyclic) bond motifs is 1. The molecule has 0 radical (unpaired) electrons. The lowest BCUT2D eigenvalue weighted by Gasteiger charge is -2.30. The van der Waals surface area contributed by atoms with Crippen LogP contribution in [-0.2, 0) is 10.0 Å². The number of anilines is 1. The first-order valence-corrected chi connectivity index (χ1v) is 9.05. The highest BCUT2D eigenvalue weighted by Crippen LogP contribution is 2.32. The molecule has 1 aliphatic heterocycles. The van der Waals surface area contributed by atoms with Gasteiger partial charge in [-0.1, -0.05) is 27.6 Å². The number of Topliss-reactive ketones (excluding diaryl/α,β-unsaturated/α-hetero) is 1. The molecule has 0 fully saturated rings. The number of halogens is 1. The molecule has 0 aromatic heterocycles. The summed E-state index contributed by atoms with van der Waals surface area (Å²) in [5.74, 6) is -0.0130. The van der Waals surface area contributed by atoms with Crippen LogP contribution in [0.3, 0.4) is 0 Å². The molecule has 2 aromatic rings. The zero-order valence-electron chi connectivity index (χ0n) is 11.9. The zero-order valence-corrected chi connectivity index (χ0v) is 14.3. The van der Waals surface area contributed by atoms with Crippen molar-refractivity contribution in [2.45, 2.75) is 18.2 Å². The van der Waals surface area contributed by atoms with Gasteiger partial charge in [0.05, 0.1) is 10.6 Å². The highest BCUT2D eigenvalue weighted by atomic mass is 79.9. The largest absolute Gasteiger partial charge is 0.294 e. The van der Waals surface area contributed by atoms with Crippen LogP contribution in [0.25, 0.3) is 0 Å². The van der Waals surface area contributed by atoms with Crippen molar-refractivity contribution in [2.24, 2.45) is 0 Å². The Morgan fingerprint density at radius 1 is 1.09 bits per heavy atom. The van der Waals surface area contributed by atoms with Gasteiger partial charge in [0.15, 0.2) is 5.78 Å². The minimum Gasteiger partial charge on any atom is -0.294 e. The number of sulfonamides is 1. The number of hydrogen-bond acceptors (Lipinski definition) is 3. The Hall–Kier alpha value is -1.66. The van der Waals surface area contributed by atoms with Crippen LogP contribution >= 0.6 is 15.9 Å². The van der Waals surface area contributed by atoms with E-state index in [0.29, 0.717) is 11.3 Å². The van der Waals surface area contributed by atoms with E-state index in [4.69, 9.17) is 0 Å². The van der Waals surface area contributed by atoms with Gasteiger partial charge in [0.1, 0.15) is 0 Å². The molecule has 1 heterocycles. The fourth-order valence-corrected chi connectivity index (χ4v) is 4.28. The van der Waals surface area contributed by atoms with E-state index in [1.807, 2.05) is 13.0 Å². The van der Waals surface area contributed by atoms with E-state index in [0.717, 1.165) is 10.0 Å². The van der Waals surface area contributed by atoms with Gasteiger partial charge in [0.25, 0.3) is 10.0 Å². The Balaban J connectivity index is 2.11. The molecule has 0 bridgehead atoms. The van der Waals surface area contributed by atoms with Crippen molar-refractivity contribution in [3.05, 3.63) is 58.1 Å². The van der Waals surface area contributed by atoms with Crippen molar-refractivity contribution >= 4 is 37.4 Å². The maximum atomic E-state index is 12.9. The normalized spacial score (nSPS) is 14.8. The molecule has 2 aromatic carbocycles. The third-order valence-corrected chi connectivity index (χ3v) is 6.02. The molecule has 0 aliphatic carbocycles. The molecule has 0 amide bonds. The Bertz CT molecular complexity index is 844. The van der Waals surface area contributed by atoms with Crippen LogP contribution in [0.15, 0.2) is 51.8 Å². The number of nitrogens with zero attached hydrogens (tertiary/aromatic N) is 1. The number of rotatable bonds is 2. The number of carbonyl (C=O) groups is 1. The molecular weight excluding hydrogens is 366 g/mol. The van der Waals surface area contributed by atoms with E-state index < -0.39 is 10.0 Å². The molecule has 3 rings (SSSR count). The van der Waals surface area contributed by atoms with Crippen molar-refractivity contribution in [3.8, 4) is 0 Å². The van der Waals surface area contributed by atoms with Gasteiger partial charge in [-0.25, -0.2) is 8.42 Å². The van der Waals surface area contributed by atoms with Gasteiger partial charge in [-0.15, -0.1) is 0 Å². The molecule has 0 atom stereocenters. The van der Waals surface area contributed by atoms with Crippen molar-refractivity contribution in [1.29, 1.82) is 0 Å². The third-order valence-electron chi connectivity index (χ3n) is 3.66. The second kappa shape index (κ2) is 5.52. The van der Waals surface area contributed by atoms with Crippen molar-refractivity contribution in [1.82, 2.24) is 0 Å². The highest BCUT2D eigenvalue weighted by molar-refractivity contribution is 9.10. The Kier molecular flexibility index (Phi) is 3.82. The fourth-order valence-electron chi connectivity index (χ4n) is 2.53. The summed E-state index contributed by atoms with van der Waals surface area (Å²) in [4.78, 5) is 12.3. The minimum atomic E-state index is -3.67. The summed E-state index contributed by atoms with van der Waals surface area (Å²) in [6.07, 6.45) is 0.201. The van der Waals surface area contributed by atoms with Crippen LogP contribution in [-0.4, -0.2) is 20.7 Å². The van der Waals surface area contributed by atoms with E-state index in [-0.39, 0.29) is 23.6 Å². The van der Waals surface area contributed by atoms with Crippen LogP contribution in [0.2, 0.25) is 0 Å². The summed E-state index contributed by atoms with van der Waals surface area (Å²) < 4.78 is 27.8. The fraction of sp³-hybridized carbons (Fsp3) is 0.188. The maximum Gasteiger partial charge on any atom is 0.264 e. The summed E-state index contributed by atoms with van der Waals surface area (Å²) in [7, 11) is -3.67. The Labute approximate surface area is 137 Å². The zero-order chi connectivity index (χ0) is 15.9. The predicted octanol–water partition coefficient (Wildman–Crippen LogP) is 3.54. The minimum absolute atomic E-state index is 0.0130. The summed E-state index contributed by atoms with van der Waals surface area (Å²) in [6.45, 7) is 2.06. The first-order valence-electron chi connectivity index (χ1n) is 6.82. The average molecular weight is 380 g/mol. The van der Waals surface area contributed by atoms with E-state index in [9.17, 15) is 13.2 Å². The van der Waals surface area contributed by atoms with Crippen LogP contribution < -0.4 is 4.31 Å². The van der Waals surface area contributed by atoms with E-state index in [1.54, 1.807) is 36.4 Å². The van der Waals surface area contributed by atoms with Gasteiger partial charge >= 0.3 is 0 Å². The second-order valence-corrected chi connectivity index (χ2v) is 8.00. The first kappa shape index (κ1) is 15.2. The summed E-state index contributed by atoms with van der Waals surface area (Å²) >= 11 is 3.30. The van der Waals surface area contributed by atoms with Gasteiger partial charge in [0, 0.05) is 23.0 Å². The molecule has 0 N–H and O–H groups in total. The van der Waals surface area contributed by atoms with E-state index in [1.165, 1.54) is 4.31 Å². The quantitative estimate of drug-likeness (QED) is 0.801. The van der Waals surface area contributed by atoms with Gasteiger partial charge in [-0.3, -0.25) is 9.10 Å². The van der Waals surface area contributed by atoms with Crippen molar-refractivity contribution in [2.75, 3.05) is 10.8 Å². The molecule has 4 nitrogen and oxygen atoms in total. The summed E-state index contributed by atoms with van der Waals surface area (Å²) in [5, 5.41) is 0. The van der Waals surface area contributed by atoms with Gasteiger partial charge in [-0.05, 0) is 43.3 Å². The van der Waals surface area contributed by atoms with Crippen LogP contribution in [0, 0.1) is 6.92 Å². The van der Waals surface area contributed by atoms with Gasteiger partial charge in [-0.2, -0.15) is 0 Å².